The number of aromatic nitrogens is 2. The number of benzene rings is 1. The van der Waals surface area contributed by atoms with E-state index in [0.29, 0.717) is 34.2 Å². The molecule has 0 bridgehead atoms. The maximum Gasteiger partial charge on any atom is 0.254 e. The van der Waals surface area contributed by atoms with Gasteiger partial charge in [0.1, 0.15) is 5.82 Å². The molecule has 53 heavy (non-hydrogen) atoms. The summed E-state index contributed by atoms with van der Waals surface area (Å²) in [5.41, 5.74) is 3.87. The summed E-state index contributed by atoms with van der Waals surface area (Å²) in [6.07, 6.45) is 9.07. The van der Waals surface area contributed by atoms with Gasteiger partial charge in [0, 0.05) is 96.3 Å². The van der Waals surface area contributed by atoms with Gasteiger partial charge in [0.2, 0.25) is 0 Å². The highest BCUT2D eigenvalue weighted by Crippen LogP contribution is 2.53. The molecule has 4 heterocycles. The summed E-state index contributed by atoms with van der Waals surface area (Å²) in [4.78, 5) is 40.2. The van der Waals surface area contributed by atoms with Gasteiger partial charge in [-0.2, -0.15) is 0 Å². The number of fused-ring (bicyclic) bond motifs is 1. The number of hydrogen-bond acceptors (Lipinski definition) is 10. The van der Waals surface area contributed by atoms with Crippen molar-refractivity contribution >= 4 is 23.5 Å². The van der Waals surface area contributed by atoms with Crippen LogP contribution >= 0.6 is 11.8 Å². The quantitative estimate of drug-likeness (QED) is 0.144. The Kier molecular flexibility index (Phi) is 12.4. The molecule has 1 amide bonds. The lowest BCUT2D eigenvalue weighted by Gasteiger charge is -2.40. The van der Waals surface area contributed by atoms with Crippen LogP contribution in [0, 0.1) is 19.8 Å². The van der Waals surface area contributed by atoms with Crippen LogP contribution in [0.5, 0.6) is 11.5 Å². The van der Waals surface area contributed by atoms with Gasteiger partial charge >= 0.3 is 0 Å². The van der Waals surface area contributed by atoms with Crippen LogP contribution < -0.4 is 25.2 Å². The van der Waals surface area contributed by atoms with Crippen molar-refractivity contribution in [3.63, 3.8) is 0 Å². The zero-order valence-corrected chi connectivity index (χ0v) is 33.5. The van der Waals surface area contributed by atoms with E-state index in [2.05, 4.69) is 47.9 Å². The number of carbonyl (C=O) groups is 1. The first-order valence-electron chi connectivity index (χ1n) is 19.2. The number of hydrogen-bond donors (Lipinski definition) is 2. The number of thioether (sulfide) groups is 1. The monoisotopic (exact) mass is 747 g/mol. The van der Waals surface area contributed by atoms with Gasteiger partial charge in [-0.1, -0.05) is 6.92 Å². The molecular formula is C41H57N5O6S. The Morgan fingerprint density at radius 2 is 1.81 bits per heavy atom. The lowest BCUT2D eigenvalue weighted by atomic mass is 9.81. The Morgan fingerprint density at radius 3 is 2.47 bits per heavy atom. The first kappa shape index (κ1) is 39.1. The van der Waals surface area contributed by atoms with E-state index in [4.69, 9.17) is 23.9 Å². The Morgan fingerprint density at radius 1 is 1.09 bits per heavy atom. The van der Waals surface area contributed by atoms with Crippen LogP contribution in [0.4, 0.5) is 5.82 Å². The second-order valence-corrected chi connectivity index (χ2v) is 16.0. The Bertz CT molecular complexity index is 1800. The predicted octanol–water partition coefficient (Wildman–Crippen LogP) is 6.72. The van der Waals surface area contributed by atoms with Crippen molar-refractivity contribution in [2.24, 2.45) is 5.92 Å². The Balaban J connectivity index is 1.27. The molecule has 0 radical (unpaired) electrons. The fourth-order valence-corrected chi connectivity index (χ4v) is 8.78. The minimum atomic E-state index is -0.888. The zero-order valence-electron chi connectivity index (χ0n) is 32.7. The van der Waals surface area contributed by atoms with E-state index in [1.54, 1.807) is 0 Å². The number of likely N-dealkylation sites (N-methyl/N-ethyl adjacent to an activating group) is 1. The molecule has 2 fully saturated rings. The summed E-state index contributed by atoms with van der Waals surface area (Å²) in [5.74, 6) is 1.09. The van der Waals surface area contributed by atoms with E-state index in [1.807, 2.05) is 57.5 Å². The second kappa shape index (κ2) is 16.8. The molecular weight excluding hydrogens is 691 g/mol. The van der Waals surface area contributed by atoms with Crippen molar-refractivity contribution in [1.29, 1.82) is 0 Å². The van der Waals surface area contributed by atoms with Gasteiger partial charge in [0.15, 0.2) is 11.5 Å². The molecule has 6 rings (SSSR count). The Labute approximate surface area is 318 Å². The summed E-state index contributed by atoms with van der Waals surface area (Å²) in [6.45, 7) is 16.2. The van der Waals surface area contributed by atoms with E-state index in [-0.39, 0.29) is 36.1 Å². The van der Waals surface area contributed by atoms with Crippen LogP contribution in [0.2, 0.25) is 0 Å². The van der Waals surface area contributed by atoms with Gasteiger partial charge in [-0.25, -0.2) is 4.98 Å². The molecule has 288 valence electrons. The zero-order chi connectivity index (χ0) is 37.9. The third-order valence-electron chi connectivity index (χ3n) is 11.0. The summed E-state index contributed by atoms with van der Waals surface area (Å²) < 4.78 is 25.4. The highest BCUT2D eigenvalue weighted by molar-refractivity contribution is 7.98. The topological polar surface area (TPSA) is 118 Å². The smallest absolute Gasteiger partial charge is 0.254 e. The number of carbonyl (C=O) groups excluding carboxylic acids is 1. The normalized spacial score (nSPS) is 24.1. The van der Waals surface area contributed by atoms with Crippen LogP contribution in [0.3, 0.4) is 0 Å². The van der Waals surface area contributed by atoms with Crippen molar-refractivity contribution in [3.05, 3.63) is 63.2 Å². The van der Waals surface area contributed by atoms with Crippen molar-refractivity contribution in [3.8, 4) is 22.6 Å². The lowest BCUT2D eigenvalue weighted by Crippen LogP contribution is -2.47. The maximum atomic E-state index is 14.0. The lowest BCUT2D eigenvalue weighted by molar-refractivity contribution is -0.123. The van der Waals surface area contributed by atoms with Crippen LogP contribution in [0.15, 0.2) is 40.2 Å². The highest BCUT2D eigenvalue weighted by atomic mass is 32.2. The number of nitrogens with zero attached hydrogens (tertiary/aromatic N) is 3. The van der Waals surface area contributed by atoms with Crippen molar-refractivity contribution < 1.29 is 23.7 Å². The molecule has 11 nitrogen and oxygen atoms in total. The average Bonchev–Trinajstić information content (AvgIpc) is 3.51. The molecule has 1 aromatic carbocycles. The number of rotatable bonds is 13. The van der Waals surface area contributed by atoms with Crippen LogP contribution in [-0.4, -0.2) is 91.0 Å². The van der Waals surface area contributed by atoms with Gasteiger partial charge in [-0.05, 0) is 97.4 Å². The standard InChI is InChI=1S/C41H57N5O6S/c1-9-17-49-18-16-45(7)31-13-11-30(12-14-31)41(6)51-37-28(5)32(39(47)43-22-34-35(53-8)19-25(2)44-40(34)48)20-33(38(37)52-41)29-10-15-36(42-21-29)46-23-26(3)50-27(4)24-46/h10,15,19-21,26-27,30-31H,9,11-14,16-18,22-24H2,1-8H3,(H,43,47)(H,44,48)/t26-,27+,30?,31?,41?. The molecule has 1 saturated carbocycles. The molecule has 2 aliphatic heterocycles. The molecule has 1 saturated heterocycles. The average molecular weight is 748 g/mol. The number of aromatic amines is 1. The Hall–Kier alpha value is -3.58. The fourth-order valence-electron chi connectivity index (χ4n) is 8.08. The first-order chi connectivity index (χ1) is 25.4. The van der Waals surface area contributed by atoms with E-state index in [0.717, 1.165) is 92.5 Å². The van der Waals surface area contributed by atoms with Crippen LogP contribution in [0.25, 0.3) is 11.1 Å². The first-order valence-corrected chi connectivity index (χ1v) is 20.4. The maximum absolute atomic E-state index is 14.0. The number of morpholine rings is 1. The summed E-state index contributed by atoms with van der Waals surface area (Å²) in [7, 11) is 2.19. The number of pyridine rings is 2. The third-order valence-corrected chi connectivity index (χ3v) is 11.8. The van der Waals surface area contributed by atoms with Crippen molar-refractivity contribution in [1.82, 2.24) is 20.2 Å². The summed E-state index contributed by atoms with van der Waals surface area (Å²) >= 11 is 1.49. The van der Waals surface area contributed by atoms with Gasteiger partial charge in [0.05, 0.1) is 18.8 Å². The number of H-pyrrole nitrogens is 1. The van der Waals surface area contributed by atoms with E-state index < -0.39 is 5.79 Å². The van der Waals surface area contributed by atoms with E-state index in [1.165, 1.54) is 11.8 Å². The molecule has 3 aliphatic rings. The van der Waals surface area contributed by atoms with Crippen LogP contribution in [-0.2, 0) is 16.0 Å². The molecule has 12 heteroatoms. The molecule has 0 spiro atoms. The van der Waals surface area contributed by atoms with Crippen molar-refractivity contribution in [2.45, 2.75) is 109 Å². The number of anilines is 1. The third kappa shape index (κ3) is 8.71. The SMILES string of the molecule is CCCOCCN(C)C1CCC(C2(C)Oc3c(-c4ccc(N5C[C@@H](C)O[C@@H](C)C5)nc4)cc(C(=O)NCc4c(SC)cc(C)[nH]c4=O)c(C)c3O2)CC1. The molecule has 2 aromatic heterocycles. The van der Waals surface area contributed by atoms with E-state index >= 15 is 0 Å². The van der Waals surface area contributed by atoms with Gasteiger partial charge < -0.3 is 39.0 Å². The minimum Gasteiger partial charge on any atom is -0.448 e. The number of aryl methyl sites for hydroxylation is 1. The molecule has 1 unspecified atom stereocenters. The summed E-state index contributed by atoms with van der Waals surface area (Å²) in [6, 6.07) is 8.38. The van der Waals surface area contributed by atoms with Gasteiger partial charge in [-0.3, -0.25) is 9.59 Å². The second-order valence-electron chi connectivity index (χ2n) is 15.2. The predicted molar refractivity (Wildman–Crippen MR) is 211 cm³/mol. The molecule has 2 N–H and O–H groups in total. The van der Waals surface area contributed by atoms with Gasteiger partial charge in [-0.15, -0.1) is 11.8 Å². The largest absolute Gasteiger partial charge is 0.448 e. The van der Waals surface area contributed by atoms with Gasteiger partial charge in [0.25, 0.3) is 17.3 Å². The minimum absolute atomic E-state index is 0.0978. The van der Waals surface area contributed by atoms with Crippen molar-refractivity contribution in [2.75, 3.05) is 51.1 Å². The number of amides is 1. The fraction of sp³-hybridized carbons (Fsp3) is 0.585. The molecule has 3 atom stereocenters. The van der Waals surface area contributed by atoms with E-state index in [9.17, 15) is 9.59 Å². The molecule has 3 aromatic rings. The number of nitrogens with one attached hydrogen (secondary N) is 2. The molecule has 1 aliphatic carbocycles. The number of ether oxygens (including phenoxy) is 4. The highest BCUT2D eigenvalue weighted by Gasteiger charge is 2.48. The summed E-state index contributed by atoms with van der Waals surface area (Å²) in [5, 5.41) is 3.03. The van der Waals surface area contributed by atoms with Crippen LogP contribution in [0.1, 0.15) is 87.0 Å².